The fourth-order valence-electron chi connectivity index (χ4n) is 3.29. The van der Waals surface area contributed by atoms with Crippen LogP contribution in [0.1, 0.15) is 19.5 Å². The van der Waals surface area contributed by atoms with Crippen molar-refractivity contribution in [2.75, 3.05) is 0 Å². The van der Waals surface area contributed by atoms with E-state index in [1.807, 2.05) is 19.4 Å². The molecule has 2 aliphatic heterocycles. The van der Waals surface area contributed by atoms with Crippen LogP contribution in [-0.2, 0) is 22.4 Å². The Bertz CT molecular complexity index is 700. The van der Waals surface area contributed by atoms with Crippen LogP contribution in [0.4, 0.5) is 0 Å². The second-order valence-corrected chi connectivity index (χ2v) is 7.81. The third-order valence-corrected chi connectivity index (χ3v) is 6.37. The quantitative estimate of drug-likeness (QED) is 0.539. The largest absolute Gasteiger partial charge is 0.543 e. The molecule has 1 aromatic rings. The third-order valence-electron chi connectivity index (χ3n) is 4.29. The van der Waals surface area contributed by atoms with Crippen molar-refractivity contribution in [3.05, 3.63) is 21.7 Å². The molecular weight excluding hydrogens is 338 g/mol. The summed E-state index contributed by atoms with van der Waals surface area (Å²) >= 11 is 2.84. The number of amides is 1. The van der Waals surface area contributed by atoms with Gasteiger partial charge in [0.25, 0.3) is 0 Å². The van der Waals surface area contributed by atoms with Crippen LogP contribution < -0.4 is 9.18 Å². The van der Waals surface area contributed by atoms with Gasteiger partial charge in [-0.2, -0.15) is 0 Å². The van der Waals surface area contributed by atoms with E-state index in [2.05, 4.69) is 5.10 Å². The number of carbonyl (C=O) groups excluding carboxylic acids is 2. The second-order valence-electron chi connectivity index (χ2n) is 5.82. The number of hydrogen-bond acceptors (Lipinski definition) is 7. The molecule has 124 valence electrons. The van der Waals surface area contributed by atoms with Gasteiger partial charge in [0.2, 0.25) is 5.91 Å². The number of aliphatic hydroxyl groups excluding tert-OH is 1. The van der Waals surface area contributed by atoms with Gasteiger partial charge >= 0.3 is 0 Å². The van der Waals surface area contributed by atoms with Crippen LogP contribution in [-0.4, -0.2) is 39.1 Å². The number of aliphatic hydroxyl groups is 1. The van der Waals surface area contributed by atoms with Crippen molar-refractivity contribution in [3.8, 4) is 0 Å². The molecule has 1 fully saturated rings. The minimum absolute atomic E-state index is 0.0472. The van der Waals surface area contributed by atoms with Crippen LogP contribution in [0.5, 0.6) is 0 Å². The second kappa shape index (κ2) is 5.88. The zero-order valence-corrected chi connectivity index (χ0v) is 14.6. The molecule has 1 aromatic heterocycles. The van der Waals surface area contributed by atoms with E-state index in [0.29, 0.717) is 10.7 Å². The van der Waals surface area contributed by atoms with Crippen LogP contribution in [0.15, 0.2) is 16.0 Å². The molecule has 7 nitrogen and oxygen atoms in total. The van der Waals surface area contributed by atoms with Gasteiger partial charge in [0.1, 0.15) is 5.69 Å². The average molecular weight is 355 g/mol. The maximum atomic E-state index is 12.2. The molecule has 0 saturated carbocycles. The highest BCUT2D eigenvalue weighted by Gasteiger charge is 2.58. The summed E-state index contributed by atoms with van der Waals surface area (Å²) in [5.41, 5.74) is 0.807. The van der Waals surface area contributed by atoms with E-state index in [4.69, 9.17) is 0 Å². The highest BCUT2D eigenvalue weighted by atomic mass is 32.2. The Kier molecular flexibility index (Phi) is 4.19. The van der Waals surface area contributed by atoms with Gasteiger partial charge in [-0.15, -0.1) is 11.8 Å². The van der Waals surface area contributed by atoms with E-state index < -0.39 is 18.0 Å². The molecule has 1 amide bonds. The summed E-state index contributed by atoms with van der Waals surface area (Å²) in [6, 6.07) is -0.301. The highest BCUT2D eigenvalue weighted by molar-refractivity contribution is 8.02. The lowest BCUT2D eigenvalue weighted by Crippen LogP contribution is -2.64. The number of aromatic nitrogens is 2. The van der Waals surface area contributed by atoms with Crippen LogP contribution in [0, 0.1) is 11.8 Å². The molecule has 0 aromatic carbocycles. The van der Waals surface area contributed by atoms with Gasteiger partial charge in [0.05, 0.1) is 35.1 Å². The molecule has 0 unspecified atom stereocenters. The standard InChI is InChI=1S/C14H17N3O4S2/c1-6-10-9(7(2)18)13(19)17(10)11(14(20)21)12(6)22-4-8-5-23-16(3)15-8/h5-7,9-10,18H,4H2,1-3H3/t6-,7-,9-,10-/m1/s1. The lowest BCUT2D eigenvalue weighted by Gasteiger charge is -2.47. The van der Waals surface area contributed by atoms with Gasteiger partial charge < -0.3 is 19.9 Å². The van der Waals surface area contributed by atoms with Crippen LogP contribution in [0.2, 0.25) is 0 Å². The van der Waals surface area contributed by atoms with Gasteiger partial charge in [0, 0.05) is 21.7 Å². The topological polar surface area (TPSA) is 97.4 Å². The molecule has 9 heteroatoms. The van der Waals surface area contributed by atoms with Crippen molar-refractivity contribution >= 4 is 35.2 Å². The van der Waals surface area contributed by atoms with Crippen LogP contribution >= 0.6 is 23.3 Å². The van der Waals surface area contributed by atoms with Crippen molar-refractivity contribution in [3.63, 3.8) is 0 Å². The molecule has 0 spiro atoms. The Hall–Kier alpha value is -1.45. The summed E-state index contributed by atoms with van der Waals surface area (Å²) in [5.74, 6) is -1.84. The Morgan fingerprint density at radius 2 is 2.35 bits per heavy atom. The van der Waals surface area contributed by atoms with E-state index in [1.54, 1.807) is 11.0 Å². The first-order chi connectivity index (χ1) is 10.8. The Labute approximate surface area is 141 Å². The molecule has 4 atom stereocenters. The number of carboxylic acid groups (broad SMARTS) is 1. The number of fused-ring (bicyclic) bond motifs is 1. The predicted octanol–water partition coefficient (Wildman–Crippen LogP) is -0.980. The smallest absolute Gasteiger partial charge is 0.235 e. The number of thioether (sulfide) groups is 1. The van der Waals surface area contributed by atoms with Crippen molar-refractivity contribution in [1.29, 1.82) is 0 Å². The molecule has 0 radical (unpaired) electrons. The van der Waals surface area contributed by atoms with E-state index in [1.165, 1.54) is 28.2 Å². The molecule has 0 bridgehead atoms. The molecule has 0 aliphatic carbocycles. The Balaban J connectivity index is 1.85. The minimum Gasteiger partial charge on any atom is -0.543 e. The maximum absolute atomic E-state index is 12.2. The van der Waals surface area contributed by atoms with Crippen molar-refractivity contribution < 1.29 is 23.9 Å². The minimum atomic E-state index is -1.34. The first kappa shape index (κ1) is 16.4. The van der Waals surface area contributed by atoms with Crippen molar-refractivity contribution in [2.45, 2.75) is 31.7 Å². The fraction of sp³-hybridized carbons (Fsp3) is 0.571. The lowest BCUT2D eigenvalue weighted by atomic mass is 9.79. The first-order valence-electron chi connectivity index (χ1n) is 7.23. The highest BCUT2D eigenvalue weighted by Crippen LogP contribution is 2.50. The number of carboxylic acids is 1. The number of aliphatic carboxylic acids is 1. The van der Waals surface area contributed by atoms with E-state index in [0.717, 1.165) is 5.69 Å². The molecule has 1 N–H and O–H groups in total. The zero-order chi connectivity index (χ0) is 16.9. The number of rotatable bonds is 5. The summed E-state index contributed by atoms with van der Waals surface area (Å²) in [6.07, 6.45) is -0.795. The summed E-state index contributed by atoms with van der Waals surface area (Å²) in [7, 11) is 1.83. The van der Waals surface area contributed by atoms with E-state index in [-0.39, 0.29) is 23.6 Å². The van der Waals surface area contributed by atoms with Crippen LogP contribution in [0.25, 0.3) is 0 Å². The van der Waals surface area contributed by atoms with Gasteiger partial charge in [-0.1, -0.05) is 6.92 Å². The zero-order valence-electron chi connectivity index (χ0n) is 12.9. The van der Waals surface area contributed by atoms with Crippen molar-refractivity contribution in [1.82, 2.24) is 10.00 Å². The number of hydrogen-bond donors (Lipinski definition) is 1. The Morgan fingerprint density at radius 1 is 1.65 bits per heavy atom. The van der Waals surface area contributed by atoms with Gasteiger partial charge in [0.15, 0.2) is 18.6 Å². The number of carbonyl (C=O) groups is 2. The summed E-state index contributed by atoms with van der Waals surface area (Å²) < 4.78 is 1.72. The molecule has 3 heterocycles. The molecule has 23 heavy (non-hydrogen) atoms. The third kappa shape index (κ3) is 2.56. The van der Waals surface area contributed by atoms with Crippen LogP contribution in [0.3, 0.4) is 0 Å². The van der Waals surface area contributed by atoms with Gasteiger partial charge in [-0.05, 0) is 11.0 Å². The molecule has 1 saturated heterocycles. The average Bonchev–Trinajstić information content (AvgIpc) is 2.97. The van der Waals surface area contributed by atoms with E-state index >= 15 is 0 Å². The number of β-lactam (4-membered cyclic amide) rings is 1. The summed E-state index contributed by atoms with van der Waals surface area (Å²) in [6.45, 7) is 3.45. The van der Waals surface area contributed by atoms with E-state index in [9.17, 15) is 19.8 Å². The monoisotopic (exact) mass is 355 g/mol. The normalized spacial score (nSPS) is 27.9. The van der Waals surface area contributed by atoms with Crippen molar-refractivity contribution in [2.24, 2.45) is 18.9 Å². The van der Waals surface area contributed by atoms with Gasteiger partial charge in [-0.3, -0.25) is 4.79 Å². The Morgan fingerprint density at radius 3 is 2.87 bits per heavy atom. The van der Waals surface area contributed by atoms with Gasteiger partial charge in [-0.25, -0.2) is 0 Å². The SMILES string of the molecule is C[C@@H](O)[C@H]1C(=O)N2C(C(=O)[O-])=C(SCc3cs[n+](C)n3)[C@H](C)[C@H]12. The first-order valence-corrected chi connectivity index (χ1v) is 9.05. The molecule has 2 aliphatic rings. The maximum Gasteiger partial charge on any atom is 0.235 e. The number of nitrogens with zero attached hydrogens (tertiary/aromatic N) is 3. The molecular formula is C14H17N3O4S2. The number of aryl methyl sites for hydroxylation is 1. The fourth-order valence-corrected chi connectivity index (χ4v) is 5.11. The lowest BCUT2D eigenvalue weighted by molar-refractivity contribution is -0.663. The predicted molar refractivity (Wildman–Crippen MR) is 81.6 cm³/mol. The summed E-state index contributed by atoms with van der Waals surface area (Å²) in [5, 5.41) is 27.5. The summed E-state index contributed by atoms with van der Waals surface area (Å²) in [4.78, 5) is 25.6. The molecule has 3 rings (SSSR count).